The summed E-state index contributed by atoms with van der Waals surface area (Å²) in [6.45, 7) is 21.0. The molecule has 5 heteroatoms. The van der Waals surface area contributed by atoms with Crippen LogP contribution in [0.1, 0.15) is 141 Å². The van der Waals surface area contributed by atoms with Gasteiger partial charge in [0.1, 0.15) is 17.1 Å². The van der Waals surface area contributed by atoms with Crippen LogP contribution in [0, 0.1) is 38.5 Å². The molecule has 0 aliphatic carbocycles. The van der Waals surface area contributed by atoms with Crippen molar-refractivity contribution in [3.63, 3.8) is 0 Å². The van der Waals surface area contributed by atoms with Crippen molar-refractivity contribution in [3.8, 4) is 11.5 Å². The zero-order valence-electron chi connectivity index (χ0n) is 27.3. The third-order valence-electron chi connectivity index (χ3n) is 8.97. The number of carbonyl (C=O) groups excluding carboxylic acids is 2. The molecule has 0 saturated carbocycles. The van der Waals surface area contributed by atoms with Gasteiger partial charge in [0.05, 0.1) is 0 Å². The number of hydrogen-bond donors (Lipinski definition) is 0. The highest BCUT2D eigenvalue weighted by Crippen LogP contribution is 2.45. The average molecular weight is 559 g/mol. The molecule has 4 atom stereocenters. The lowest BCUT2D eigenvalue weighted by Gasteiger charge is -2.38. The van der Waals surface area contributed by atoms with Crippen LogP contribution in [0.3, 0.4) is 0 Å². The Bertz CT molecular complexity index is 981. The van der Waals surface area contributed by atoms with E-state index in [0.717, 1.165) is 65.0 Å². The van der Waals surface area contributed by atoms with Crippen LogP contribution in [0.4, 0.5) is 0 Å². The Kier molecular flexibility index (Phi) is 13.5. The van der Waals surface area contributed by atoms with Crippen molar-refractivity contribution in [1.82, 2.24) is 0 Å². The fraction of sp³-hybridized carbons (Fsp3) is 0.771. The molecule has 228 valence electrons. The molecule has 0 radical (unpaired) electrons. The first-order valence-electron chi connectivity index (χ1n) is 16.0. The molecule has 0 fully saturated rings. The smallest absolute Gasteiger partial charge is 0.352 e. The Morgan fingerprint density at radius 2 is 1.43 bits per heavy atom. The summed E-state index contributed by atoms with van der Waals surface area (Å²) in [6.07, 6.45) is 12.7. The van der Waals surface area contributed by atoms with Crippen LogP contribution in [-0.2, 0) is 20.7 Å². The minimum absolute atomic E-state index is 0.178. The Morgan fingerprint density at radius 3 is 2.00 bits per heavy atom. The second-order valence-electron chi connectivity index (χ2n) is 13.3. The summed E-state index contributed by atoms with van der Waals surface area (Å²) in [6, 6.07) is 0. The third kappa shape index (κ3) is 10.1. The predicted octanol–water partition coefficient (Wildman–Crippen LogP) is 9.38. The Hall–Kier alpha value is -2.04. The summed E-state index contributed by atoms with van der Waals surface area (Å²) >= 11 is 0. The van der Waals surface area contributed by atoms with Gasteiger partial charge in [0.2, 0.25) is 0 Å². The van der Waals surface area contributed by atoms with Crippen LogP contribution in [0.15, 0.2) is 0 Å². The molecule has 1 aromatic rings. The van der Waals surface area contributed by atoms with Gasteiger partial charge in [-0.2, -0.15) is 0 Å². The van der Waals surface area contributed by atoms with E-state index < -0.39 is 18.0 Å². The quantitative estimate of drug-likeness (QED) is 0.149. The summed E-state index contributed by atoms with van der Waals surface area (Å²) < 4.78 is 17.7. The van der Waals surface area contributed by atoms with E-state index in [4.69, 9.17) is 14.2 Å². The van der Waals surface area contributed by atoms with Crippen molar-refractivity contribution in [2.45, 2.75) is 158 Å². The molecule has 0 aromatic heterocycles. The standard InChI is InChI=1S/C35H58O5/c1-11-31(36)38-29(9)34(37)39-32-26(6)27(7)33-30(28(32)8)20-22-35(10,40-33)21-14-19-25(5)18-13-17-24(4)16-12-15-23(2)3/h23-25,29H,11-22H2,1-10H3. The van der Waals surface area contributed by atoms with Gasteiger partial charge in [-0.25, -0.2) is 4.79 Å². The Balaban J connectivity index is 1.90. The van der Waals surface area contributed by atoms with Gasteiger partial charge in [0, 0.05) is 12.0 Å². The van der Waals surface area contributed by atoms with E-state index in [1.165, 1.54) is 51.4 Å². The molecule has 5 nitrogen and oxygen atoms in total. The van der Waals surface area contributed by atoms with E-state index in [1.807, 2.05) is 20.8 Å². The number of fused-ring (bicyclic) bond motifs is 1. The van der Waals surface area contributed by atoms with Crippen molar-refractivity contribution in [3.05, 3.63) is 22.3 Å². The van der Waals surface area contributed by atoms with Crippen molar-refractivity contribution >= 4 is 11.9 Å². The van der Waals surface area contributed by atoms with Crippen LogP contribution >= 0.6 is 0 Å². The molecule has 0 saturated heterocycles. The predicted molar refractivity (Wildman–Crippen MR) is 164 cm³/mol. The monoisotopic (exact) mass is 558 g/mol. The lowest BCUT2D eigenvalue weighted by Crippen LogP contribution is -2.37. The molecule has 0 amide bonds. The van der Waals surface area contributed by atoms with E-state index >= 15 is 0 Å². The Labute approximate surface area is 245 Å². The average Bonchev–Trinajstić information content (AvgIpc) is 2.89. The van der Waals surface area contributed by atoms with Gasteiger partial charge in [-0.1, -0.05) is 79.6 Å². The highest BCUT2D eigenvalue weighted by molar-refractivity contribution is 5.81. The normalized spacial score (nSPS) is 19.0. The highest BCUT2D eigenvalue weighted by Gasteiger charge is 2.35. The van der Waals surface area contributed by atoms with Crippen LogP contribution in [0.2, 0.25) is 0 Å². The maximum absolute atomic E-state index is 12.7. The van der Waals surface area contributed by atoms with Gasteiger partial charge in [0.25, 0.3) is 0 Å². The summed E-state index contributed by atoms with van der Waals surface area (Å²) in [4.78, 5) is 24.3. The highest BCUT2D eigenvalue weighted by atomic mass is 16.6. The number of carbonyl (C=O) groups is 2. The third-order valence-corrected chi connectivity index (χ3v) is 8.97. The van der Waals surface area contributed by atoms with Gasteiger partial charge in [-0.15, -0.1) is 0 Å². The molecule has 4 unspecified atom stereocenters. The van der Waals surface area contributed by atoms with Crippen LogP contribution in [-0.4, -0.2) is 23.6 Å². The van der Waals surface area contributed by atoms with Crippen LogP contribution < -0.4 is 9.47 Å². The van der Waals surface area contributed by atoms with Crippen LogP contribution in [0.25, 0.3) is 0 Å². The Morgan fingerprint density at radius 1 is 0.850 bits per heavy atom. The van der Waals surface area contributed by atoms with E-state index in [0.29, 0.717) is 5.75 Å². The molecule has 0 bridgehead atoms. The van der Waals surface area contributed by atoms with Gasteiger partial charge < -0.3 is 14.2 Å². The maximum atomic E-state index is 12.7. The first-order valence-corrected chi connectivity index (χ1v) is 16.0. The largest absolute Gasteiger partial charge is 0.487 e. The molecule has 1 heterocycles. The second kappa shape index (κ2) is 15.8. The molecular weight excluding hydrogens is 500 g/mol. The first-order chi connectivity index (χ1) is 18.8. The molecule has 1 aromatic carbocycles. The van der Waals surface area contributed by atoms with E-state index in [2.05, 4.69) is 34.6 Å². The molecular formula is C35H58O5. The lowest BCUT2D eigenvalue weighted by molar-refractivity contribution is -0.160. The zero-order valence-corrected chi connectivity index (χ0v) is 27.3. The lowest BCUT2D eigenvalue weighted by atomic mass is 9.83. The minimum atomic E-state index is -0.942. The number of rotatable bonds is 16. The summed E-state index contributed by atoms with van der Waals surface area (Å²) in [5, 5.41) is 0. The fourth-order valence-corrected chi connectivity index (χ4v) is 5.93. The summed E-state index contributed by atoms with van der Waals surface area (Å²) in [7, 11) is 0. The van der Waals surface area contributed by atoms with Gasteiger partial charge >= 0.3 is 11.9 Å². The number of benzene rings is 1. The van der Waals surface area contributed by atoms with Gasteiger partial charge in [-0.3, -0.25) is 4.79 Å². The van der Waals surface area contributed by atoms with Crippen molar-refractivity contribution in [2.24, 2.45) is 17.8 Å². The summed E-state index contributed by atoms with van der Waals surface area (Å²) in [5.41, 5.74) is 3.80. The first kappa shape index (κ1) is 34.2. The maximum Gasteiger partial charge on any atom is 0.352 e. The van der Waals surface area contributed by atoms with Crippen LogP contribution in [0.5, 0.6) is 11.5 Å². The molecule has 2 rings (SSSR count). The van der Waals surface area contributed by atoms with Crippen molar-refractivity contribution < 1.29 is 23.8 Å². The number of esters is 2. The minimum Gasteiger partial charge on any atom is -0.487 e. The molecule has 0 N–H and O–H groups in total. The van der Waals surface area contributed by atoms with Crippen molar-refractivity contribution in [2.75, 3.05) is 0 Å². The van der Waals surface area contributed by atoms with E-state index in [9.17, 15) is 9.59 Å². The topological polar surface area (TPSA) is 61.8 Å². The molecule has 1 aliphatic heterocycles. The molecule has 0 spiro atoms. The molecule has 40 heavy (non-hydrogen) atoms. The summed E-state index contributed by atoms with van der Waals surface area (Å²) in [5.74, 6) is 2.98. The van der Waals surface area contributed by atoms with Crippen molar-refractivity contribution in [1.29, 1.82) is 0 Å². The fourth-order valence-electron chi connectivity index (χ4n) is 5.93. The number of ether oxygens (including phenoxy) is 3. The van der Waals surface area contributed by atoms with Gasteiger partial charge in [0.15, 0.2) is 6.10 Å². The zero-order chi connectivity index (χ0) is 30.0. The van der Waals surface area contributed by atoms with Gasteiger partial charge in [-0.05, 0) is 94.7 Å². The SMILES string of the molecule is CCC(=O)OC(C)C(=O)Oc1c(C)c(C)c2c(c1C)CCC(C)(CCCC(C)CCCC(C)CCCC(C)C)O2. The molecule has 1 aliphatic rings. The second-order valence-corrected chi connectivity index (χ2v) is 13.3. The van der Waals surface area contributed by atoms with E-state index in [1.54, 1.807) is 13.8 Å². The van der Waals surface area contributed by atoms with E-state index in [-0.39, 0.29) is 12.0 Å². The number of hydrogen-bond acceptors (Lipinski definition) is 5.